The van der Waals surface area contributed by atoms with E-state index in [2.05, 4.69) is 10.6 Å². The van der Waals surface area contributed by atoms with E-state index in [0.717, 1.165) is 5.56 Å². The number of hydrogen-bond donors (Lipinski definition) is 2. The third kappa shape index (κ3) is 6.70. The molecule has 2 aromatic carbocycles. The normalized spacial score (nSPS) is 11.9. The van der Waals surface area contributed by atoms with Gasteiger partial charge in [0.15, 0.2) is 0 Å². The van der Waals surface area contributed by atoms with Gasteiger partial charge in [-0.3, -0.25) is 19.3 Å². The third-order valence-corrected chi connectivity index (χ3v) is 6.00. The van der Waals surface area contributed by atoms with E-state index in [9.17, 15) is 14.4 Å². The number of ether oxygens (including phenoxy) is 1. The third-order valence-electron chi connectivity index (χ3n) is 5.13. The molecule has 0 bridgehead atoms. The summed E-state index contributed by atoms with van der Waals surface area (Å²) in [6.07, 6.45) is 0. The summed E-state index contributed by atoms with van der Waals surface area (Å²) >= 11 is 1.29. The van der Waals surface area contributed by atoms with Crippen LogP contribution in [0.5, 0.6) is 5.75 Å². The van der Waals surface area contributed by atoms with Crippen molar-refractivity contribution in [2.24, 2.45) is 0 Å². The van der Waals surface area contributed by atoms with Crippen LogP contribution in [0.2, 0.25) is 0 Å². The predicted molar refractivity (Wildman–Crippen MR) is 139 cm³/mol. The second kappa shape index (κ2) is 11.2. The number of hydrogen-bond acceptors (Lipinski definition) is 5. The molecule has 0 radical (unpaired) electrons. The molecule has 0 aliphatic heterocycles. The average Bonchev–Trinajstić information content (AvgIpc) is 3.35. The zero-order chi connectivity index (χ0) is 25.6. The summed E-state index contributed by atoms with van der Waals surface area (Å²) in [5.41, 5.74) is 1.45. The molecule has 1 atom stereocenters. The van der Waals surface area contributed by atoms with Crippen molar-refractivity contribution in [2.75, 3.05) is 18.6 Å². The molecule has 1 heterocycles. The Kier molecular flexibility index (Phi) is 8.30. The van der Waals surface area contributed by atoms with E-state index < -0.39 is 17.5 Å². The number of aryl methyl sites for hydroxylation is 1. The van der Waals surface area contributed by atoms with Gasteiger partial charge in [-0.15, -0.1) is 11.3 Å². The zero-order valence-corrected chi connectivity index (χ0v) is 21.4. The fourth-order valence-corrected chi connectivity index (χ4v) is 4.27. The van der Waals surface area contributed by atoms with Crippen LogP contribution >= 0.6 is 11.3 Å². The maximum atomic E-state index is 13.8. The Morgan fingerprint density at radius 2 is 1.74 bits per heavy atom. The van der Waals surface area contributed by atoms with E-state index in [-0.39, 0.29) is 18.4 Å². The van der Waals surface area contributed by atoms with Crippen molar-refractivity contribution in [2.45, 2.75) is 39.3 Å². The molecule has 2 N–H and O–H groups in total. The van der Waals surface area contributed by atoms with Gasteiger partial charge in [0, 0.05) is 5.54 Å². The second-order valence-electron chi connectivity index (χ2n) is 9.15. The summed E-state index contributed by atoms with van der Waals surface area (Å²) in [6.45, 7) is 7.26. The first-order valence-electron chi connectivity index (χ1n) is 11.3. The van der Waals surface area contributed by atoms with Crippen LogP contribution in [0.15, 0.2) is 66.0 Å². The lowest BCUT2D eigenvalue weighted by molar-refractivity contribution is -0.127. The maximum absolute atomic E-state index is 13.8. The van der Waals surface area contributed by atoms with Gasteiger partial charge >= 0.3 is 0 Å². The number of nitrogens with zero attached hydrogens (tertiary/aromatic N) is 1. The minimum Gasteiger partial charge on any atom is -0.495 e. The first-order valence-corrected chi connectivity index (χ1v) is 12.1. The number of amides is 3. The lowest BCUT2D eigenvalue weighted by atomic mass is 10.00. The molecule has 0 aliphatic carbocycles. The van der Waals surface area contributed by atoms with Crippen LogP contribution < -0.4 is 20.3 Å². The topological polar surface area (TPSA) is 87.7 Å². The molecule has 7 nitrogen and oxygen atoms in total. The summed E-state index contributed by atoms with van der Waals surface area (Å²) in [4.78, 5) is 41.9. The minimum absolute atomic E-state index is 0.292. The summed E-state index contributed by atoms with van der Waals surface area (Å²) in [6, 6.07) is 17.0. The summed E-state index contributed by atoms with van der Waals surface area (Å²) in [5.74, 6) is -0.695. The zero-order valence-electron chi connectivity index (χ0n) is 20.6. The Morgan fingerprint density at radius 1 is 1.03 bits per heavy atom. The Morgan fingerprint density at radius 3 is 2.34 bits per heavy atom. The summed E-state index contributed by atoms with van der Waals surface area (Å²) in [5, 5.41) is 7.49. The van der Waals surface area contributed by atoms with Gasteiger partial charge in [0.1, 0.15) is 11.8 Å². The fraction of sp³-hybridized carbons (Fsp3) is 0.296. The van der Waals surface area contributed by atoms with Gasteiger partial charge in [-0.25, -0.2) is 0 Å². The number of rotatable bonds is 8. The number of benzene rings is 2. The number of methoxy groups -OCH3 is 1. The number of anilines is 1. The van der Waals surface area contributed by atoms with Crippen LogP contribution in [0.1, 0.15) is 47.6 Å². The van der Waals surface area contributed by atoms with Crippen LogP contribution in [-0.2, 0) is 9.59 Å². The molecule has 0 aliphatic rings. The van der Waals surface area contributed by atoms with Gasteiger partial charge in [-0.05, 0) is 62.4 Å². The van der Waals surface area contributed by atoms with Gasteiger partial charge in [-0.1, -0.05) is 42.5 Å². The quantitative estimate of drug-likeness (QED) is 0.484. The molecule has 0 unspecified atom stereocenters. The van der Waals surface area contributed by atoms with E-state index in [4.69, 9.17) is 4.74 Å². The molecule has 1 aromatic heterocycles. The number of carbonyl (C=O) groups is 3. The minimum atomic E-state index is -0.989. The molecule has 8 heteroatoms. The number of nitrogens with one attached hydrogen (secondary N) is 2. The highest BCUT2D eigenvalue weighted by atomic mass is 32.1. The van der Waals surface area contributed by atoms with Crippen molar-refractivity contribution in [3.63, 3.8) is 0 Å². The highest BCUT2D eigenvalue weighted by Crippen LogP contribution is 2.36. The Hall–Kier alpha value is -3.65. The van der Waals surface area contributed by atoms with Gasteiger partial charge in [-0.2, -0.15) is 0 Å². The van der Waals surface area contributed by atoms with Gasteiger partial charge < -0.3 is 15.4 Å². The van der Waals surface area contributed by atoms with E-state index >= 15 is 0 Å². The maximum Gasteiger partial charge on any atom is 0.261 e. The molecule has 0 saturated carbocycles. The molecule has 0 fully saturated rings. The number of carbonyl (C=O) groups excluding carboxylic acids is 3. The van der Waals surface area contributed by atoms with Crippen molar-refractivity contribution in [1.29, 1.82) is 0 Å². The predicted octanol–water partition coefficient (Wildman–Crippen LogP) is 4.48. The fourth-order valence-electron chi connectivity index (χ4n) is 3.63. The summed E-state index contributed by atoms with van der Waals surface area (Å²) in [7, 11) is 1.52. The smallest absolute Gasteiger partial charge is 0.261 e. The molecule has 0 spiro atoms. The van der Waals surface area contributed by atoms with Crippen LogP contribution in [0.4, 0.5) is 5.69 Å². The van der Waals surface area contributed by atoms with Gasteiger partial charge in [0.25, 0.3) is 5.91 Å². The van der Waals surface area contributed by atoms with E-state index in [1.165, 1.54) is 23.3 Å². The lowest BCUT2D eigenvalue weighted by Gasteiger charge is -2.34. The first kappa shape index (κ1) is 26.0. The van der Waals surface area contributed by atoms with Crippen molar-refractivity contribution in [3.8, 4) is 5.75 Å². The largest absolute Gasteiger partial charge is 0.495 e. The van der Waals surface area contributed by atoms with Crippen molar-refractivity contribution < 1.29 is 19.1 Å². The Bertz CT molecular complexity index is 1170. The number of thiophene rings is 1. The Balaban J connectivity index is 2.08. The molecule has 35 heavy (non-hydrogen) atoms. The molecular formula is C27H31N3O4S. The van der Waals surface area contributed by atoms with Crippen molar-refractivity contribution in [1.82, 2.24) is 10.6 Å². The van der Waals surface area contributed by atoms with E-state index in [1.807, 2.05) is 52.0 Å². The Labute approximate surface area is 210 Å². The van der Waals surface area contributed by atoms with Crippen LogP contribution in [0, 0.1) is 6.92 Å². The van der Waals surface area contributed by atoms with Crippen molar-refractivity contribution >= 4 is 34.7 Å². The van der Waals surface area contributed by atoms with Gasteiger partial charge in [0.05, 0.1) is 24.2 Å². The first-order chi connectivity index (χ1) is 16.6. The average molecular weight is 494 g/mol. The molecule has 3 aromatic rings. The second-order valence-corrected chi connectivity index (χ2v) is 10.1. The molecule has 3 amide bonds. The highest BCUT2D eigenvalue weighted by Gasteiger charge is 2.36. The molecular weight excluding hydrogens is 462 g/mol. The molecule has 0 saturated heterocycles. The van der Waals surface area contributed by atoms with E-state index in [0.29, 0.717) is 21.9 Å². The lowest BCUT2D eigenvalue weighted by Crippen LogP contribution is -2.51. The monoisotopic (exact) mass is 493 g/mol. The van der Waals surface area contributed by atoms with Crippen molar-refractivity contribution in [3.05, 3.63) is 82.0 Å². The molecule has 184 valence electrons. The van der Waals surface area contributed by atoms with Crippen LogP contribution in [0.25, 0.3) is 0 Å². The van der Waals surface area contributed by atoms with Crippen LogP contribution in [0.3, 0.4) is 0 Å². The molecule has 3 rings (SSSR count). The van der Waals surface area contributed by atoms with E-state index in [1.54, 1.807) is 41.8 Å². The van der Waals surface area contributed by atoms with Crippen LogP contribution in [-0.4, -0.2) is 36.9 Å². The highest BCUT2D eigenvalue weighted by molar-refractivity contribution is 7.12. The summed E-state index contributed by atoms with van der Waals surface area (Å²) < 4.78 is 5.57. The standard InChI is InChI=1S/C27H31N3O4S/c1-18-13-14-21(34-5)20(16-18)30(23(31)17-28-25(32)22-12-9-15-35-22)24(19-10-7-6-8-11-19)26(33)29-27(2,3)4/h6-16,24H,17H2,1-5H3,(H,28,32)(H,29,33)/t24-/m0/s1. The van der Waals surface area contributed by atoms with Gasteiger partial charge in [0.2, 0.25) is 11.8 Å². The SMILES string of the molecule is COc1ccc(C)cc1N(C(=O)CNC(=O)c1cccs1)[C@H](C(=O)NC(C)(C)C)c1ccccc1.